The molecule has 0 saturated carbocycles. The Morgan fingerprint density at radius 3 is 2.75 bits per heavy atom. The zero-order valence-corrected chi connectivity index (χ0v) is 15.4. The molecule has 2 N–H and O–H groups in total. The van der Waals surface area contributed by atoms with Crippen molar-refractivity contribution in [2.45, 2.75) is 32.0 Å². The lowest BCUT2D eigenvalue weighted by Crippen LogP contribution is -2.31. The van der Waals surface area contributed by atoms with E-state index < -0.39 is 17.6 Å². The maximum atomic E-state index is 12.9. The summed E-state index contributed by atoms with van der Waals surface area (Å²) in [6, 6.07) is 5.17. The summed E-state index contributed by atoms with van der Waals surface area (Å²) in [6.45, 7) is 3.52. The Bertz CT molecular complexity index is 816. The van der Waals surface area contributed by atoms with Crippen molar-refractivity contribution in [3.05, 3.63) is 41.2 Å². The molecule has 1 aliphatic heterocycles. The van der Waals surface area contributed by atoms with Gasteiger partial charge in [-0.2, -0.15) is 13.2 Å². The summed E-state index contributed by atoms with van der Waals surface area (Å²) in [4.78, 5) is 12.3. The van der Waals surface area contributed by atoms with Crippen molar-refractivity contribution in [2.75, 3.05) is 26.2 Å². The Hall–Kier alpha value is -2.62. The van der Waals surface area contributed by atoms with Crippen molar-refractivity contribution in [3.8, 4) is 5.75 Å². The van der Waals surface area contributed by atoms with Crippen molar-refractivity contribution >= 4 is 5.91 Å². The Kier molecular flexibility index (Phi) is 6.18. The summed E-state index contributed by atoms with van der Waals surface area (Å²) in [5, 5.41) is 13.9. The number of nitrogens with zero attached hydrogens (tertiary/aromatic N) is 3. The molecule has 1 aromatic carbocycles. The van der Waals surface area contributed by atoms with Crippen molar-refractivity contribution in [1.82, 2.24) is 25.6 Å². The molecule has 0 aliphatic carbocycles. The fourth-order valence-electron chi connectivity index (χ4n) is 3.18. The minimum Gasteiger partial charge on any atom is -0.491 e. The number of alkyl halides is 3. The van der Waals surface area contributed by atoms with E-state index in [1.165, 1.54) is 18.2 Å². The molecule has 1 aliphatic rings. The van der Waals surface area contributed by atoms with Gasteiger partial charge in [0.25, 0.3) is 5.91 Å². The molecule has 28 heavy (non-hydrogen) atoms. The fourth-order valence-corrected chi connectivity index (χ4v) is 3.18. The lowest BCUT2D eigenvalue weighted by atomic mass is 10.1. The molecule has 1 fully saturated rings. The van der Waals surface area contributed by atoms with Gasteiger partial charge in [0.15, 0.2) is 5.69 Å². The normalized spacial score (nSPS) is 15.4. The van der Waals surface area contributed by atoms with Crippen LogP contribution in [0, 0.1) is 6.92 Å². The van der Waals surface area contributed by atoms with Gasteiger partial charge in [-0.05, 0) is 45.0 Å². The van der Waals surface area contributed by atoms with E-state index in [9.17, 15) is 18.0 Å². The van der Waals surface area contributed by atoms with Crippen LogP contribution in [0.1, 0.15) is 40.6 Å². The molecule has 2 heterocycles. The van der Waals surface area contributed by atoms with Crippen LogP contribution in [0.25, 0.3) is 0 Å². The molecule has 10 heteroatoms. The molecule has 0 bridgehead atoms. The number of nitrogens with one attached hydrogen (secondary N) is 2. The number of rotatable bonds is 6. The minimum atomic E-state index is -4.50. The highest BCUT2D eigenvalue weighted by atomic mass is 19.4. The number of benzene rings is 1. The topological polar surface area (TPSA) is 81.1 Å². The van der Waals surface area contributed by atoms with E-state index in [4.69, 9.17) is 4.74 Å². The maximum absolute atomic E-state index is 12.9. The van der Waals surface area contributed by atoms with E-state index in [1.807, 2.05) is 0 Å². The second-order valence-corrected chi connectivity index (χ2v) is 6.55. The van der Waals surface area contributed by atoms with Crippen LogP contribution in [-0.4, -0.2) is 47.1 Å². The van der Waals surface area contributed by atoms with Crippen molar-refractivity contribution in [1.29, 1.82) is 0 Å². The number of hydrogen-bond donors (Lipinski definition) is 2. The molecule has 1 aromatic heterocycles. The van der Waals surface area contributed by atoms with Crippen molar-refractivity contribution in [3.63, 3.8) is 0 Å². The average Bonchev–Trinajstić information content (AvgIpc) is 3.07. The highest BCUT2D eigenvalue weighted by Crippen LogP contribution is 2.35. The van der Waals surface area contributed by atoms with Crippen LogP contribution in [0.5, 0.6) is 5.75 Å². The van der Waals surface area contributed by atoms with E-state index in [1.54, 1.807) is 11.6 Å². The van der Waals surface area contributed by atoms with Gasteiger partial charge in [0.1, 0.15) is 12.4 Å². The van der Waals surface area contributed by atoms with Gasteiger partial charge in [-0.25, -0.2) is 4.68 Å². The number of carbonyl (C=O) groups excluding carboxylic acids is 1. The summed E-state index contributed by atoms with van der Waals surface area (Å²) in [7, 11) is 0. The number of halogens is 3. The van der Waals surface area contributed by atoms with Crippen LogP contribution in [0.4, 0.5) is 13.2 Å². The van der Waals surface area contributed by atoms with Gasteiger partial charge in [0.2, 0.25) is 0 Å². The highest BCUT2D eigenvalue weighted by Gasteiger charge is 2.34. The molecular formula is C18H22F3N5O2. The van der Waals surface area contributed by atoms with Crippen molar-refractivity contribution < 1.29 is 22.7 Å². The molecule has 152 valence electrons. The van der Waals surface area contributed by atoms with E-state index in [-0.39, 0.29) is 30.6 Å². The fraction of sp³-hybridized carbons (Fsp3) is 0.500. The van der Waals surface area contributed by atoms with E-state index in [0.717, 1.165) is 32.0 Å². The molecule has 0 radical (unpaired) electrons. The zero-order valence-electron chi connectivity index (χ0n) is 15.4. The van der Waals surface area contributed by atoms with Crippen LogP contribution < -0.4 is 15.4 Å². The summed E-state index contributed by atoms with van der Waals surface area (Å²) >= 11 is 0. The Balaban J connectivity index is 1.54. The third-order valence-corrected chi connectivity index (χ3v) is 4.63. The monoisotopic (exact) mass is 397 g/mol. The third kappa shape index (κ3) is 4.61. The number of piperidine rings is 1. The Labute approximate surface area is 160 Å². The van der Waals surface area contributed by atoms with Crippen LogP contribution in [0.2, 0.25) is 0 Å². The van der Waals surface area contributed by atoms with Gasteiger partial charge in [-0.3, -0.25) is 4.79 Å². The lowest BCUT2D eigenvalue weighted by Gasteiger charge is -2.23. The van der Waals surface area contributed by atoms with Gasteiger partial charge >= 0.3 is 6.18 Å². The molecule has 0 atom stereocenters. The first kappa shape index (κ1) is 20.1. The number of ether oxygens (including phenoxy) is 1. The van der Waals surface area contributed by atoms with Gasteiger partial charge in [-0.1, -0.05) is 17.3 Å². The number of para-hydroxylation sites is 1. The number of aromatic nitrogens is 3. The quantitative estimate of drug-likeness (QED) is 0.732. The number of hydrogen-bond acceptors (Lipinski definition) is 5. The van der Waals surface area contributed by atoms with Gasteiger partial charge in [-0.15, -0.1) is 5.10 Å². The SMILES string of the molecule is Cc1c(C(=O)NCCOc2ccccc2C(F)(F)F)nnn1C1CCNCC1. The molecule has 0 unspecified atom stereocenters. The Morgan fingerprint density at radius 1 is 1.32 bits per heavy atom. The first-order chi connectivity index (χ1) is 13.4. The molecule has 2 aromatic rings. The summed E-state index contributed by atoms with van der Waals surface area (Å²) in [5.41, 5.74) is 0.0454. The van der Waals surface area contributed by atoms with Gasteiger partial charge in [0, 0.05) is 0 Å². The molecule has 3 rings (SSSR count). The molecule has 1 amide bonds. The van der Waals surface area contributed by atoms with Crippen LogP contribution in [-0.2, 0) is 6.18 Å². The molecular weight excluding hydrogens is 375 g/mol. The standard InChI is InChI=1S/C18H22F3N5O2/c1-12-16(24-25-26(12)13-6-8-22-9-7-13)17(27)23-10-11-28-15-5-3-2-4-14(15)18(19,20)21/h2-5,13,22H,6-11H2,1H3,(H,23,27). The third-order valence-electron chi connectivity index (χ3n) is 4.63. The largest absolute Gasteiger partial charge is 0.491 e. The first-order valence-corrected chi connectivity index (χ1v) is 9.07. The van der Waals surface area contributed by atoms with Gasteiger partial charge in [0.05, 0.1) is 23.8 Å². The number of carbonyl (C=O) groups is 1. The maximum Gasteiger partial charge on any atom is 0.419 e. The van der Waals surface area contributed by atoms with E-state index in [2.05, 4.69) is 20.9 Å². The zero-order chi connectivity index (χ0) is 20.1. The highest BCUT2D eigenvalue weighted by molar-refractivity contribution is 5.93. The van der Waals surface area contributed by atoms with Crippen LogP contribution in [0.3, 0.4) is 0 Å². The first-order valence-electron chi connectivity index (χ1n) is 9.07. The average molecular weight is 397 g/mol. The molecule has 0 spiro atoms. The van der Waals surface area contributed by atoms with Crippen molar-refractivity contribution in [2.24, 2.45) is 0 Å². The predicted molar refractivity (Wildman–Crippen MR) is 95.2 cm³/mol. The van der Waals surface area contributed by atoms with E-state index in [0.29, 0.717) is 5.69 Å². The molecule has 7 nitrogen and oxygen atoms in total. The van der Waals surface area contributed by atoms with Crippen LogP contribution in [0.15, 0.2) is 24.3 Å². The summed E-state index contributed by atoms with van der Waals surface area (Å²) in [5.74, 6) is -0.692. The molecule has 1 saturated heterocycles. The second-order valence-electron chi connectivity index (χ2n) is 6.55. The Morgan fingerprint density at radius 2 is 2.04 bits per heavy atom. The minimum absolute atomic E-state index is 0.0463. The van der Waals surface area contributed by atoms with Gasteiger partial charge < -0.3 is 15.4 Å². The lowest BCUT2D eigenvalue weighted by molar-refractivity contribution is -0.138. The van der Waals surface area contributed by atoms with Crippen LogP contribution >= 0.6 is 0 Å². The second kappa shape index (κ2) is 8.59. The smallest absolute Gasteiger partial charge is 0.419 e. The predicted octanol–water partition coefficient (Wildman–Crippen LogP) is 2.34. The summed E-state index contributed by atoms with van der Waals surface area (Å²) in [6.07, 6.45) is -2.67. The number of amides is 1. The summed E-state index contributed by atoms with van der Waals surface area (Å²) < 4.78 is 45.8. The van der Waals surface area contributed by atoms with E-state index >= 15 is 0 Å².